The van der Waals surface area contributed by atoms with E-state index >= 15 is 0 Å². The normalized spacial score (nSPS) is 10.8. The summed E-state index contributed by atoms with van der Waals surface area (Å²) in [4.78, 5) is 8.36. The van der Waals surface area contributed by atoms with Gasteiger partial charge in [0.2, 0.25) is 0 Å². The smallest absolute Gasteiger partial charge is 0.160 e. The van der Waals surface area contributed by atoms with Gasteiger partial charge in [-0.2, -0.15) is 0 Å². The molecular formula is C13H14F2N4. The van der Waals surface area contributed by atoms with Gasteiger partial charge in [0.25, 0.3) is 0 Å². The molecule has 0 aliphatic rings. The Kier molecular flexibility index (Phi) is 3.59. The summed E-state index contributed by atoms with van der Waals surface area (Å²) in [7, 11) is 0. The fourth-order valence-electron chi connectivity index (χ4n) is 1.53. The topological polar surface area (TPSA) is 63.8 Å². The number of nitrogens with zero attached hydrogens (tertiary/aromatic N) is 2. The average molecular weight is 264 g/mol. The van der Waals surface area contributed by atoms with Crippen molar-refractivity contribution in [2.24, 2.45) is 0 Å². The van der Waals surface area contributed by atoms with Gasteiger partial charge in [-0.05, 0) is 12.1 Å². The highest BCUT2D eigenvalue weighted by molar-refractivity contribution is 5.58. The minimum absolute atomic E-state index is 0.119. The summed E-state index contributed by atoms with van der Waals surface area (Å²) in [6.07, 6.45) is 0. The van der Waals surface area contributed by atoms with Crippen molar-refractivity contribution in [2.45, 2.75) is 19.8 Å². The Balaban J connectivity index is 2.29. The van der Waals surface area contributed by atoms with E-state index in [0.717, 1.165) is 12.1 Å². The van der Waals surface area contributed by atoms with Gasteiger partial charge in [-0.3, -0.25) is 0 Å². The van der Waals surface area contributed by atoms with Crippen LogP contribution < -0.4 is 11.1 Å². The lowest BCUT2D eigenvalue weighted by atomic mass is 10.2. The molecule has 0 fully saturated rings. The van der Waals surface area contributed by atoms with Crippen LogP contribution in [0.25, 0.3) is 0 Å². The zero-order valence-corrected chi connectivity index (χ0v) is 10.6. The summed E-state index contributed by atoms with van der Waals surface area (Å²) in [6, 6.07) is 5.06. The van der Waals surface area contributed by atoms with Crippen LogP contribution in [-0.4, -0.2) is 9.97 Å². The number of anilines is 3. The standard InChI is InChI=1S/C13H14F2N4/c1-7(2)13-18-11(16)6-12(19-13)17-8-3-4-9(14)10(15)5-8/h3-7H,1-2H3,(H3,16,17,18,19). The molecule has 3 N–H and O–H groups in total. The fraction of sp³-hybridized carbons (Fsp3) is 0.231. The summed E-state index contributed by atoms with van der Waals surface area (Å²) in [5.74, 6) is -0.336. The van der Waals surface area contributed by atoms with Crippen molar-refractivity contribution < 1.29 is 8.78 Å². The van der Waals surface area contributed by atoms with E-state index in [2.05, 4.69) is 15.3 Å². The lowest BCUT2D eigenvalue weighted by Crippen LogP contribution is -2.05. The summed E-state index contributed by atoms with van der Waals surface area (Å²) < 4.78 is 25.9. The summed E-state index contributed by atoms with van der Waals surface area (Å²) in [5, 5.41) is 2.87. The second-order valence-corrected chi connectivity index (χ2v) is 4.44. The van der Waals surface area contributed by atoms with Crippen molar-refractivity contribution in [1.29, 1.82) is 0 Å². The first kappa shape index (κ1) is 13.2. The molecule has 1 heterocycles. The first-order chi connectivity index (χ1) is 8.95. The number of aromatic nitrogens is 2. The highest BCUT2D eigenvalue weighted by Crippen LogP contribution is 2.20. The van der Waals surface area contributed by atoms with E-state index in [4.69, 9.17) is 5.73 Å². The second kappa shape index (κ2) is 5.17. The molecular weight excluding hydrogens is 250 g/mol. The molecule has 0 amide bonds. The number of hydrogen-bond donors (Lipinski definition) is 2. The van der Waals surface area contributed by atoms with E-state index in [0.29, 0.717) is 23.1 Å². The fourth-order valence-corrected chi connectivity index (χ4v) is 1.53. The monoisotopic (exact) mass is 264 g/mol. The molecule has 0 bridgehead atoms. The van der Waals surface area contributed by atoms with Crippen LogP contribution in [0.3, 0.4) is 0 Å². The maximum absolute atomic E-state index is 13.1. The molecule has 0 unspecified atom stereocenters. The molecule has 1 aromatic carbocycles. The molecule has 0 aliphatic heterocycles. The highest BCUT2D eigenvalue weighted by Gasteiger charge is 2.08. The molecule has 0 radical (unpaired) electrons. The summed E-state index contributed by atoms with van der Waals surface area (Å²) in [6.45, 7) is 3.88. The lowest BCUT2D eigenvalue weighted by molar-refractivity contribution is 0.509. The maximum Gasteiger partial charge on any atom is 0.160 e. The van der Waals surface area contributed by atoms with Gasteiger partial charge in [0.15, 0.2) is 11.6 Å². The van der Waals surface area contributed by atoms with Crippen LogP contribution in [0.4, 0.5) is 26.1 Å². The van der Waals surface area contributed by atoms with Crippen LogP contribution in [0.1, 0.15) is 25.6 Å². The number of rotatable bonds is 3. The van der Waals surface area contributed by atoms with Crippen molar-refractivity contribution >= 4 is 17.3 Å². The minimum atomic E-state index is -0.920. The molecule has 0 aliphatic carbocycles. The number of benzene rings is 1. The lowest BCUT2D eigenvalue weighted by Gasteiger charge is -2.10. The zero-order chi connectivity index (χ0) is 14.0. The number of nitrogens with one attached hydrogen (secondary N) is 1. The molecule has 1 aromatic heterocycles. The average Bonchev–Trinajstić information content (AvgIpc) is 2.33. The van der Waals surface area contributed by atoms with Crippen molar-refractivity contribution in [3.8, 4) is 0 Å². The van der Waals surface area contributed by atoms with Gasteiger partial charge < -0.3 is 11.1 Å². The van der Waals surface area contributed by atoms with Crippen LogP contribution in [0.2, 0.25) is 0 Å². The zero-order valence-electron chi connectivity index (χ0n) is 10.6. The molecule has 0 saturated heterocycles. The van der Waals surface area contributed by atoms with Crippen LogP contribution in [0.5, 0.6) is 0 Å². The van der Waals surface area contributed by atoms with Crippen LogP contribution >= 0.6 is 0 Å². The Hall–Kier alpha value is -2.24. The summed E-state index contributed by atoms with van der Waals surface area (Å²) in [5.41, 5.74) is 6.07. The van der Waals surface area contributed by atoms with Gasteiger partial charge in [0, 0.05) is 23.7 Å². The van der Waals surface area contributed by atoms with Crippen LogP contribution in [-0.2, 0) is 0 Å². The molecule has 4 nitrogen and oxygen atoms in total. The van der Waals surface area contributed by atoms with E-state index in [1.807, 2.05) is 13.8 Å². The van der Waals surface area contributed by atoms with Gasteiger partial charge in [-0.25, -0.2) is 18.7 Å². The Bertz CT molecular complexity index is 599. The molecule has 0 saturated carbocycles. The van der Waals surface area contributed by atoms with E-state index in [1.54, 1.807) is 0 Å². The summed E-state index contributed by atoms with van der Waals surface area (Å²) >= 11 is 0. The van der Waals surface area contributed by atoms with Gasteiger partial charge in [-0.1, -0.05) is 13.8 Å². The Morgan fingerprint density at radius 1 is 1.11 bits per heavy atom. The first-order valence-corrected chi connectivity index (χ1v) is 5.82. The second-order valence-electron chi connectivity index (χ2n) is 4.44. The van der Waals surface area contributed by atoms with Crippen LogP contribution in [0.15, 0.2) is 24.3 Å². The number of nitrogen functional groups attached to an aromatic ring is 1. The largest absolute Gasteiger partial charge is 0.384 e. The Morgan fingerprint density at radius 3 is 2.47 bits per heavy atom. The van der Waals surface area contributed by atoms with Crippen molar-refractivity contribution in [3.05, 3.63) is 41.7 Å². The predicted molar refractivity (Wildman–Crippen MR) is 70.2 cm³/mol. The first-order valence-electron chi connectivity index (χ1n) is 5.82. The third-order valence-electron chi connectivity index (χ3n) is 2.47. The van der Waals surface area contributed by atoms with E-state index < -0.39 is 11.6 Å². The Labute approximate surface area is 109 Å². The van der Waals surface area contributed by atoms with Gasteiger partial charge >= 0.3 is 0 Å². The van der Waals surface area contributed by atoms with Crippen LogP contribution in [0, 0.1) is 11.6 Å². The minimum Gasteiger partial charge on any atom is -0.384 e. The van der Waals surface area contributed by atoms with Gasteiger partial charge in [-0.15, -0.1) is 0 Å². The highest BCUT2D eigenvalue weighted by atomic mass is 19.2. The number of hydrogen-bond acceptors (Lipinski definition) is 4. The predicted octanol–water partition coefficient (Wildman–Crippen LogP) is 3.20. The van der Waals surface area contributed by atoms with Gasteiger partial charge in [0.05, 0.1) is 0 Å². The third-order valence-corrected chi connectivity index (χ3v) is 2.47. The van der Waals surface area contributed by atoms with E-state index in [-0.39, 0.29) is 5.92 Å². The van der Waals surface area contributed by atoms with Crippen molar-refractivity contribution in [2.75, 3.05) is 11.1 Å². The van der Waals surface area contributed by atoms with Crippen molar-refractivity contribution in [1.82, 2.24) is 9.97 Å². The molecule has 2 rings (SSSR count). The van der Waals surface area contributed by atoms with E-state index in [9.17, 15) is 8.78 Å². The molecule has 0 spiro atoms. The number of nitrogens with two attached hydrogens (primary N) is 1. The third kappa shape index (κ3) is 3.15. The van der Waals surface area contributed by atoms with E-state index in [1.165, 1.54) is 12.1 Å². The Morgan fingerprint density at radius 2 is 1.84 bits per heavy atom. The number of halogens is 2. The molecule has 6 heteroatoms. The molecule has 0 atom stereocenters. The molecule has 100 valence electrons. The van der Waals surface area contributed by atoms with Gasteiger partial charge in [0.1, 0.15) is 17.5 Å². The maximum atomic E-state index is 13.1. The quantitative estimate of drug-likeness (QED) is 0.893. The molecule has 19 heavy (non-hydrogen) atoms. The molecule has 2 aromatic rings. The SMILES string of the molecule is CC(C)c1nc(N)cc(Nc2ccc(F)c(F)c2)n1. The van der Waals surface area contributed by atoms with Crippen molar-refractivity contribution in [3.63, 3.8) is 0 Å².